The Hall–Kier alpha value is -3.63. The van der Waals surface area contributed by atoms with Crippen LogP contribution in [0, 0.1) is 5.41 Å². The van der Waals surface area contributed by atoms with Gasteiger partial charge in [0.25, 0.3) is 11.8 Å². The third-order valence-electron chi connectivity index (χ3n) is 6.40. The molecule has 0 bridgehead atoms. The Morgan fingerprint density at radius 2 is 1.91 bits per heavy atom. The van der Waals surface area contributed by atoms with Crippen LogP contribution in [0.3, 0.4) is 0 Å². The summed E-state index contributed by atoms with van der Waals surface area (Å²) in [4.78, 5) is 32.1. The minimum Gasteiger partial charge on any atom is -0.474 e. The van der Waals surface area contributed by atoms with Crippen LogP contribution < -0.4 is 15.8 Å². The number of ether oxygens (including phenoxy) is 1. The topological polar surface area (TPSA) is 112 Å². The third kappa shape index (κ3) is 3.77. The van der Waals surface area contributed by atoms with Crippen LogP contribution in [-0.2, 0) is 6.18 Å². The number of hydrogen-bond donors (Lipinski definition) is 2. The van der Waals surface area contributed by atoms with Gasteiger partial charge >= 0.3 is 6.18 Å². The first-order valence-electron chi connectivity index (χ1n) is 10.4. The quantitative estimate of drug-likeness (QED) is 0.609. The van der Waals surface area contributed by atoms with Crippen LogP contribution in [0.1, 0.15) is 52.1 Å². The lowest BCUT2D eigenvalue weighted by Crippen LogP contribution is -2.58. The molecular formula is C22H20F3N5O3. The van der Waals surface area contributed by atoms with Crippen LogP contribution in [0.4, 0.5) is 13.2 Å². The Kier molecular flexibility index (Phi) is 4.80. The second-order valence-corrected chi connectivity index (χ2v) is 8.70. The molecule has 33 heavy (non-hydrogen) atoms. The Bertz CT molecular complexity index is 1240. The molecule has 3 N–H and O–H groups in total. The van der Waals surface area contributed by atoms with Crippen molar-refractivity contribution in [2.45, 2.75) is 44.0 Å². The molecule has 8 nitrogen and oxygen atoms in total. The zero-order chi connectivity index (χ0) is 23.4. The number of nitrogens with one attached hydrogen (secondary N) is 1. The average molecular weight is 459 g/mol. The SMILES string of the molecule is NC(=O)c1cccnc1OC1CC2(CC(NC(=O)c3cnc4c(C(F)(F)F)cccn34)C2)C1. The summed E-state index contributed by atoms with van der Waals surface area (Å²) in [5.74, 6) is -0.846. The highest BCUT2D eigenvalue weighted by Gasteiger charge is 2.54. The van der Waals surface area contributed by atoms with Gasteiger partial charge in [-0.3, -0.25) is 14.0 Å². The maximum Gasteiger partial charge on any atom is 0.419 e. The number of nitrogens with two attached hydrogens (primary N) is 1. The number of carbonyl (C=O) groups is 2. The number of hydrogen-bond acceptors (Lipinski definition) is 5. The van der Waals surface area contributed by atoms with Gasteiger partial charge in [0.1, 0.15) is 23.0 Å². The standard InChI is InChI=1S/C22H20F3N5O3/c23-22(24,25)15-4-2-6-30-16(11-28-18(15)30)19(32)29-12-7-21(8-12)9-13(10-21)33-20-14(17(26)31)3-1-5-27-20/h1-6,11-13H,7-10H2,(H2,26,31)(H,29,32). The van der Waals surface area contributed by atoms with E-state index in [1.807, 2.05) is 0 Å². The van der Waals surface area contributed by atoms with E-state index in [9.17, 15) is 22.8 Å². The summed E-state index contributed by atoms with van der Waals surface area (Å²) in [6, 6.07) is 5.28. The summed E-state index contributed by atoms with van der Waals surface area (Å²) in [5.41, 5.74) is 4.50. The first kappa shape index (κ1) is 21.2. The summed E-state index contributed by atoms with van der Waals surface area (Å²) in [6.07, 6.45) is 2.45. The van der Waals surface area contributed by atoms with E-state index >= 15 is 0 Å². The summed E-state index contributed by atoms with van der Waals surface area (Å²) < 4.78 is 46.5. The van der Waals surface area contributed by atoms with E-state index in [0.717, 1.165) is 42.3 Å². The van der Waals surface area contributed by atoms with E-state index in [1.54, 1.807) is 12.1 Å². The molecule has 3 heterocycles. The van der Waals surface area contributed by atoms with Crippen molar-refractivity contribution >= 4 is 17.5 Å². The van der Waals surface area contributed by atoms with Gasteiger partial charge in [0.2, 0.25) is 5.88 Å². The molecule has 0 aliphatic heterocycles. The number of halogens is 3. The predicted molar refractivity (Wildman–Crippen MR) is 110 cm³/mol. The molecule has 0 atom stereocenters. The van der Waals surface area contributed by atoms with Crippen molar-refractivity contribution in [1.29, 1.82) is 0 Å². The minimum atomic E-state index is -4.56. The number of imidazole rings is 1. The number of aromatic nitrogens is 3. The van der Waals surface area contributed by atoms with Crippen molar-refractivity contribution < 1.29 is 27.5 Å². The molecule has 3 aromatic heterocycles. The molecule has 2 amide bonds. The van der Waals surface area contributed by atoms with E-state index in [1.165, 1.54) is 18.5 Å². The predicted octanol–water partition coefficient (Wildman–Crippen LogP) is 2.97. The maximum absolute atomic E-state index is 13.2. The smallest absolute Gasteiger partial charge is 0.419 e. The van der Waals surface area contributed by atoms with Crippen molar-refractivity contribution in [2.24, 2.45) is 11.1 Å². The summed E-state index contributed by atoms with van der Waals surface area (Å²) >= 11 is 0. The number of primary amides is 1. The minimum absolute atomic E-state index is 0.0488. The largest absolute Gasteiger partial charge is 0.474 e. The van der Waals surface area contributed by atoms with E-state index in [0.29, 0.717) is 0 Å². The molecule has 2 saturated carbocycles. The normalized spacial score (nSPS) is 24.2. The highest BCUT2D eigenvalue weighted by atomic mass is 19.4. The number of rotatable bonds is 5. The molecule has 0 saturated heterocycles. The first-order chi connectivity index (χ1) is 15.7. The average Bonchev–Trinajstić information content (AvgIpc) is 3.14. The molecule has 5 rings (SSSR count). The zero-order valence-corrected chi connectivity index (χ0v) is 17.3. The number of carbonyl (C=O) groups excluding carboxylic acids is 2. The van der Waals surface area contributed by atoms with E-state index in [2.05, 4.69) is 15.3 Å². The van der Waals surface area contributed by atoms with E-state index < -0.39 is 23.6 Å². The highest BCUT2D eigenvalue weighted by Crippen LogP contribution is 2.56. The fourth-order valence-electron chi connectivity index (χ4n) is 4.90. The Morgan fingerprint density at radius 1 is 1.15 bits per heavy atom. The number of alkyl halides is 3. The lowest BCUT2D eigenvalue weighted by Gasteiger charge is -2.57. The summed E-state index contributed by atoms with van der Waals surface area (Å²) in [6.45, 7) is 0. The number of nitrogens with zero attached hydrogens (tertiary/aromatic N) is 3. The second-order valence-electron chi connectivity index (χ2n) is 8.70. The van der Waals surface area contributed by atoms with Crippen molar-refractivity contribution in [2.75, 3.05) is 0 Å². The lowest BCUT2D eigenvalue weighted by molar-refractivity contribution is -0.136. The molecule has 2 aliphatic carbocycles. The van der Waals surface area contributed by atoms with Gasteiger partial charge in [0.15, 0.2) is 0 Å². The molecule has 2 aliphatic rings. The van der Waals surface area contributed by atoms with Crippen LogP contribution in [0.5, 0.6) is 5.88 Å². The maximum atomic E-state index is 13.2. The van der Waals surface area contributed by atoms with E-state index in [-0.39, 0.29) is 40.3 Å². The van der Waals surface area contributed by atoms with Crippen molar-refractivity contribution in [3.05, 3.63) is 59.7 Å². The molecule has 172 valence electrons. The summed E-state index contributed by atoms with van der Waals surface area (Å²) in [7, 11) is 0. The van der Waals surface area contributed by atoms with Gasteiger partial charge < -0.3 is 15.8 Å². The molecule has 0 radical (unpaired) electrons. The fourth-order valence-corrected chi connectivity index (χ4v) is 4.90. The van der Waals surface area contributed by atoms with Gasteiger partial charge in [-0.1, -0.05) is 0 Å². The molecule has 2 fully saturated rings. The number of amides is 2. The van der Waals surface area contributed by atoms with Gasteiger partial charge in [-0.25, -0.2) is 9.97 Å². The number of pyridine rings is 2. The van der Waals surface area contributed by atoms with Gasteiger partial charge in [-0.05, 0) is 55.4 Å². The van der Waals surface area contributed by atoms with Crippen molar-refractivity contribution in [3.8, 4) is 5.88 Å². The monoisotopic (exact) mass is 459 g/mol. The Morgan fingerprint density at radius 3 is 2.61 bits per heavy atom. The zero-order valence-electron chi connectivity index (χ0n) is 17.3. The van der Waals surface area contributed by atoms with Crippen LogP contribution in [-0.4, -0.2) is 38.3 Å². The molecule has 0 unspecified atom stereocenters. The van der Waals surface area contributed by atoms with Crippen LogP contribution in [0.25, 0.3) is 5.65 Å². The van der Waals surface area contributed by atoms with Crippen molar-refractivity contribution in [3.63, 3.8) is 0 Å². The second kappa shape index (κ2) is 7.46. The van der Waals surface area contributed by atoms with Crippen molar-refractivity contribution in [1.82, 2.24) is 19.7 Å². The highest BCUT2D eigenvalue weighted by molar-refractivity contribution is 5.95. The Balaban J connectivity index is 1.18. The molecule has 11 heteroatoms. The van der Waals surface area contributed by atoms with Crippen LogP contribution >= 0.6 is 0 Å². The summed E-state index contributed by atoms with van der Waals surface area (Å²) in [5, 5.41) is 2.89. The number of fused-ring (bicyclic) bond motifs is 1. The van der Waals surface area contributed by atoms with Gasteiger partial charge in [0, 0.05) is 18.4 Å². The van der Waals surface area contributed by atoms with Gasteiger partial charge in [-0.15, -0.1) is 0 Å². The van der Waals surface area contributed by atoms with Crippen LogP contribution in [0.2, 0.25) is 0 Å². The van der Waals surface area contributed by atoms with Gasteiger partial charge in [0.05, 0.1) is 11.8 Å². The molecule has 0 aromatic carbocycles. The fraction of sp³-hybridized carbons (Fsp3) is 0.364. The molecular weight excluding hydrogens is 439 g/mol. The molecule has 1 spiro atoms. The lowest BCUT2D eigenvalue weighted by atomic mass is 9.53. The molecule has 3 aromatic rings. The van der Waals surface area contributed by atoms with Crippen LogP contribution in [0.15, 0.2) is 42.9 Å². The Labute approximate surface area is 186 Å². The third-order valence-corrected chi connectivity index (χ3v) is 6.40. The first-order valence-corrected chi connectivity index (χ1v) is 10.4. The van der Waals surface area contributed by atoms with Gasteiger partial charge in [-0.2, -0.15) is 13.2 Å². The van der Waals surface area contributed by atoms with E-state index in [4.69, 9.17) is 10.5 Å².